The highest BCUT2D eigenvalue weighted by molar-refractivity contribution is 5.79. The van der Waals surface area contributed by atoms with Crippen LogP contribution in [0.5, 0.6) is 0 Å². The largest absolute Gasteiger partial charge is 0.381 e. The average molecular weight is 309 g/mol. The fraction of sp³-hybridized carbons (Fsp3) is 0.944. The molecule has 1 unspecified atom stereocenters. The van der Waals surface area contributed by atoms with Gasteiger partial charge in [0.25, 0.3) is 0 Å². The topological polar surface area (TPSA) is 36.9 Å². The van der Waals surface area contributed by atoms with E-state index in [0.29, 0.717) is 5.92 Å². The van der Waals surface area contributed by atoms with Crippen LogP contribution in [0.1, 0.15) is 58.3 Å². The zero-order valence-electron chi connectivity index (χ0n) is 14.6. The first-order valence-corrected chi connectivity index (χ1v) is 9.36. The Morgan fingerprint density at radius 2 is 2.00 bits per heavy atom. The maximum absolute atomic E-state index is 5.48. The van der Waals surface area contributed by atoms with Gasteiger partial charge in [0.15, 0.2) is 5.96 Å². The smallest absolute Gasteiger partial charge is 0.193 e. The summed E-state index contributed by atoms with van der Waals surface area (Å²) in [6.45, 7) is 6.93. The minimum atomic E-state index is 0.663. The lowest BCUT2D eigenvalue weighted by molar-refractivity contribution is 0.181. The summed E-state index contributed by atoms with van der Waals surface area (Å²) < 4.78 is 5.48. The van der Waals surface area contributed by atoms with Crippen molar-refractivity contribution >= 4 is 5.96 Å². The van der Waals surface area contributed by atoms with Crippen molar-refractivity contribution in [3.8, 4) is 0 Å². The van der Waals surface area contributed by atoms with E-state index in [1.54, 1.807) is 0 Å². The van der Waals surface area contributed by atoms with Crippen molar-refractivity contribution in [2.45, 2.75) is 58.3 Å². The first-order valence-electron chi connectivity index (χ1n) is 9.36. The lowest BCUT2D eigenvalue weighted by atomic mass is 9.86. The van der Waals surface area contributed by atoms with Crippen LogP contribution in [0.3, 0.4) is 0 Å². The van der Waals surface area contributed by atoms with Gasteiger partial charge < -0.3 is 15.0 Å². The summed E-state index contributed by atoms with van der Waals surface area (Å²) >= 11 is 0. The average Bonchev–Trinajstić information content (AvgIpc) is 3.04. The first kappa shape index (κ1) is 17.6. The zero-order valence-corrected chi connectivity index (χ0v) is 14.6. The van der Waals surface area contributed by atoms with Crippen molar-refractivity contribution in [1.29, 1.82) is 0 Å². The second kappa shape index (κ2) is 10.1. The summed E-state index contributed by atoms with van der Waals surface area (Å²) in [5.74, 6) is 2.70. The van der Waals surface area contributed by atoms with Gasteiger partial charge in [-0.1, -0.05) is 32.1 Å². The number of rotatable bonds is 7. The number of aliphatic imine (C=N–C) groups is 1. The molecule has 128 valence electrons. The summed E-state index contributed by atoms with van der Waals surface area (Å²) in [4.78, 5) is 7.11. The predicted octanol–water partition coefficient (Wildman–Crippen LogP) is 3.28. The normalized spacial score (nSPS) is 23.7. The molecule has 1 N–H and O–H groups in total. The summed E-state index contributed by atoms with van der Waals surface area (Å²) in [5, 5.41) is 3.43. The molecule has 1 atom stereocenters. The maximum Gasteiger partial charge on any atom is 0.193 e. The molecular weight excluding hydrogens is 274 g/mol. The Labute approximate surface area is 136 Å². The van der Waals surface area contributed by atoms with Gasteiger partial charge in [0.1, 0.15) is 0 Å². The Morgan fingerprint density at radius 3 is 2.68 bits per heavy atom. The predicted molar refractivity (Wildman–Crippen MR) is 93.3 cm³/mol. The van der Waals surface area contributed by atoms with Gasteiger partial charge in [0, 0.05) is 39.2 Å². The Hall–Kier alpha value is -0.770. The van der Waals surface area contributed by atoms with Crippen LogP contribution in [0.4, 0.5) is 0 Å². The van der Waals surface area contributed by atoms with Gasteiger partial charge in [-0.3, -0.25) is 4.99 Å². The molecule has 0 amide bonds. The third kappa shape index (κ3) is 6.15. The molecule has 1 aliphatic heterocycles. The molecule has 2 fully saturated rings. The molecule has 1 saturated heterocycles. The third-order valence-electron chi connectivity index (χ3n) is 5.01. The molecule has 1 heterocycles. The number of guanidine groups is 1. The SMILES string of the molecule is CCNC(=NCCCC1CCCCC1)N(C)CC1CCOC1. The highest BCUT2D eigenvalue weighted by Crippen LogP contribution is 2.27. The maximum atomic E-state index is 5.48. The van der Waals surface area contributed by atoms with Crippen LogP contribution in [0.25, 0.3) is 0 Å². The van der Waals surface area contributed by atoms with Crippen LogP contribution in [-0.4, -0.2) is 50.8 Å². The van der Waals surface area contributed by atoms with Gasteiger partial charge in [-0.15, -0.1) is 0 Å². The molecule has 1 aliphatic carbocycles. The van der Waals surface area contributed by atoms with Crippen molar-refractivity contribution in [1.82, 2.24) is 10.2 Å². The number of hydrogen-bond acceptors (Lipinski definition) is 2. The van der Waals surface area contributed by atoms with E-state index >= 15 is 0 Å². The van der Waals surface area contributed by atoms with Crippen molar-refractivity contribution < 1.29 is 4.74 Å². The number of hydrogen-bond donors (Lipinski definition) is 1. The van der Waals surface area contributed by atoms with E-state index in [1.807, 2.05) is 0 Å². The van der Waals surface area contributed by atoms with E-state index in [0.717, 1.165) is 44.7 Å². The van der Waals surface area contributed by atoms with Gasteiger partial charge in [0.05, 0.1) is 6.61 Å². The zero-order chi connectivity index (χ0) is 15.6. The molecule has 4 nitrogen and oxygen atoms in total. The first-order chi connectivity index (χ1) is 10.8. The molecule has 0 bridgehead atoms. The second-order valence-corrected chi connectivity index (χ2v) is 6.99. The Bertz CT molecular complexity index is 320. The monoisotopic (exact) mass is 309 g/mol. The highest BCUT2D eigenvalue weighted by atomic mass is 16.5. The molecule has 1 saturated carbocycles. The molecule has 0 radical (unpaired) electrons. The standard InChI is InChI=1S/C18H35N3O/c1-3-19-18(21(2)14-17-11-13-22-15-17)20-12-7-10-16-8-5-4-6-9-16/h16-17H,3-15H2,1-2H3,(H,19,20). The van der Waals surface area contributed by atoms with E-state index in [9.17, 15) is 0 Å². The van der Waals surface area contributed by atoms with Crippen LogP contribution in [0.2, 0.25) is 0 Å². The minimum Gasteiger partial charge on any atom is -0.381 e. The van der Waals surface area contributed by atoms with Crippen LogP contribution in [0, 0.1) is 11.8 Å². The van der Waals surface area contributed by atoms with E-state index in [2.05, 4.69) is 24.2 Å². The summed E-state index contributed by atoms with van der Waals surface area (Å²) in [6.07, 6.45) is 11.0. The molecule has 0 spiro atoms. The van der Waals surface area contributed by atoms with Crippen molar-refractivity contribution in [3.63, 3.8) is 0 Å². The lowest BCUT2D eigenvalue weighted by Crippen LogP contribution is -2.41. The Kier molecular flexibility index (Phi) is 8.06. The van der Waals surface area contributed by atoms with Crippen LogP contribution < -0.4 is 5.32 Å². The number of nitrogens with one attached hydrogen (secondary N) is 1. The number of ether oxygens (including phenoxy) is 1. The minimum absolute atomic E-state index is 0.663. The van der Waals surface area contributed by atoms with Gasteiger partial charge in [-0.25, -0.2) is 0 Å². The van der Waals surface area contributed by atoms with E-state index in [4.69, 9.17) is 9.73 Å². The molecule has 0 aromatic heterocycles. The van der Waals surface area contributed by atoms with E-state index in [1.165, 1.54) is 51.4 Å². The fourth-order valence-corrected chi connectivity index (χ4v) is 3.71. The van der Waals surface area contributed by atoms with Gasteiger partial charge in [0.2, 0.25) is 0 Å². The molecule has 2 aliphatic rings. The molecule has 2 rings (SSSR count). The Balaban J connectivity index is 1.70. The molecule has 0 aromatic carbocycles. The van der Waals surface area contributed by atoms with Gasteiger partial charge in [-0.05, 0) is 32.1 Å². The van der Waals surface area contributed by atoms with Crippen LogP contribution >= 0.6 is 0 Å². The van der Waals surface area contributed by atoms with E-state index < -0.39 is 0 Å². The lowest BCUT2D eigenvalue weighted by Gasteiger charge is -2.25. The fourth-order valence-electron chi connectivity index (χ4n) is 3.71. The van der Waals surface area contributed by atoms with E-state index in [-0.39, 0.29) is 0 Å². The molecule has 4 heteroatoms. The summed E-state index contributed by atoms with van der Waals surface area (Å²) in [7, 11) is 2.15. The van der Waals surface area contributed by atoms with Crippen molar-refractivity contribution in [2.75, 3.05) is 39.9 Å². The van der Waals surface area contributed by atoms with Crippen molar-refractivity contribution in [3.05, 3.63) is 0 Å². The quantitative estimate of drug-likeness (QED) is 0.445. The molecular formula is C18H35N3O. The summed E-state index contributed by atoms with van der Waals surface area (Å²) in [6, 6.07) is 0. The molecule has 22 heavy (non-hydrogen) atoms. The van der Waals surface area contributed by atoms with Crippen molar-refractivity contribution in [2.24, 2.45) is 16.8 Å². The van der Waals surface area contributed by atoms with Crippen LogP contribution in [0.15, 0.2) is 4.99 Å². The van der Waals surface area contributed by atoms with Gasteiger partial charge in [-0.2, -0.15) is 0 Å². The van der Waals surface area contributed by atoms with Gasteiger partial charge >= 0.3 is 0 Å². The number of nitrogens with zero attached hydrogens (tertiary/aromatic N) is 2. The molecule has 0 aromatic rings. The summed E-state index contributed by atoms with van der Waals surface area (Å²) in [5.41, 5.74) is 0. The Morgan fingerprint density at radius 1 is 1.18 bits per heavy atom. The second-order valence-electron chi connectivity index (χ2n) is 6.99. The third-order valence-corrected chi connectivity index (χ3v) is 5.01. The highest BCUT2D eigenvalue weighted by Gasteiger charge is 2.19. The van der Waals surface area contributed by atoms with Crippen LogP contribution in [-0.2, 0) is 4.74 Å².